The Kier molecular flexibility index (Phi) is 7.09. The predicted molar refractivity (Wildman–Crippen MR) is 112 cm³/mol. The van der Waals surface area contributed by atoms with E-state index in [1.54, 1.807) is 0 Å². The van der Waals surface area contributed by atoms with Crippen molar-refractivity contribution >= 4 is 5.78 Å². The second kappa shape index (κ2) is 9.94. The van der Waals surface area contributed by atoms with Crippen LogP contribution in [0.1, 0.15) is 21.5 Å². The van der Waals surface area contributed by atoms with Gasteiger partial charge in [0.1, 0.15) is 0 Å². The molecule has 0 bridgehead atoms. The number of nitrogens with zero attached hydrogens (tertiary/aromatic N) is 1. The molecule has 0 saturated heterocycles. The summed E-state index contributed by atoms with van der Waals surface area (Å²) in [6, 6.07) is 32.5. The van der Waals surface area contributed by atoms with Crippen molar-refractivity contribution in [2.75, 3.05) is 0 Å². The third-order valence-corrected chi connectivity index (χ3v) is 4.85. The Morgan fingerprint density at radius 3 is 1.90 bits per heavy atom. The fourth-order valence-electron chi connectivity index (χ4n) is 3.39. The van der Waals surface area contributed by atoms with Crippen molar-refractivity contribution in [2.24, 2.45) is 0 Å². The number of hydrogen-bond acceptors (Lipinski definition) is 1. The Morgan fingerprint density at radius 1 is 0.655 bits per heavy atom. The van der Waals surface area contributed by atoms with Crippen LogP contribution in [0.15, 0.2) is 109 Å². The summed E-state index contributed by atoms with van der Waals surface area (Å²) in [5, 5.41) is 0. The van der Waals surface area contributed by atoms with Gasteiger partial charge in [-0.05, 0) is 28.7 Å². The average Bonchev–Trinajstić information content (AvgIpc) is 2.76. The molecule has 2 nitrogen and oxygen atoms in total. The molecule has 1 aromatic heterocycles. The number of halogens is 1. The standard InChI is InChI=1S/C26H22NO.BrH/c28-26(25-14-8-7-13-24(25)23-11-5-2-6-12-23)20-27-17-15-22(16-18-27)19-21-9-3-1-4-10-21;/h1-18H,19-20H2;1H/q+1;/p-1. The molecule has 0 unspecified atom stereocenters. The van der Waals surface area contributed by atoms with E-state index in [1.807, 2.05) is 77.6 Å². The van der Waals surface area contributed by atoms with Crippen LogP contribution in [-0.4, -0.2) is 5.78 Å². The first-order valence-electron chi connectivity index (χ1n) is 9.49. The lowest BCUT2D eigenvalue weighted by molar-refractivity contribution is -0.683. The van der Waals surface area contributed by atoms with E-state index in [0.717, 1.165) is 23.1 Å². The van der Waals surface area contributed by atoms with Gasteiger partial charge in [0.05, 0.1) is 0 Å². The number of aromatic nitrogens is 1. The number of pyridine rings is 1. The second-order valence-corrected chi connectivity index (χ2v) is 6.88. The van der Waals surface area contributed by atoms with Gasteiger partial charge in [0, 0.05) is 17.7 Å². The molecule has 0 saturated carbocycles. The first-order valence-corrected chi connectivity index (χ1v) is 9.49. The highest BCUT2D eigenvalue weighted by molar-refractivity contribution is 6.01. The summed E-state index contributed by atoms with van der Waals surface area (Å²) in [5.41, 5.74) is 5.33. The summed E-state index contributed by atoms with van der Waals surface area (Å²) in [7, 11) is 0. The Bertz CT molecular complexity index is 1060. The SMILES string of the molecule is O=C(C[n+]1ccc(Cc2ccccc2)cc1)c1ccccc1-c1ccccc1.[Br-]. The normalized spacial score (nSPS) is 10.2. The Hall–Kier alpha value is -3.04. The van der Waals surface area contributed by atoms with Crippen LogP contribution in [0.3, 0.4) is 0 Å². The first-order chi connectivity index (χ1) is 13.8. The highest BCUT2D eigenvalue weighted by Crippen LogP contribution is 2.23. The van der Waals surface area contributed by atoms with Gasteiger partial charge in [-0.2, -0.15) is 4.57 Å². The lowest BCUT2D eigenvalue weighted by Gasteiger charge is -2.07. The van der Waals surface area contributed by atoms with Crippen molar-refractivity contribution in [3.05, 3.63) is 126 Å². The monoisotopic (exact) mass is 443 g/mol. The zero-order chi connectivity index (χ0) is 19.2. The van der Waals surface area contributed by atoms with E-state index in [4.69, 9.17) is 0 Å². The fraction of sp³-hybridized carbons (Fsp3) is 0.0769. The molecule has 0 aliphatic carbocycles. The van der Waals surface area contributed by atoms with Crippen LogP contribution in [-0.2, 0) is 13.0 Å². The molecule has 0 atom stereocenters. The highest BCUT2D eigenvalue weighted by Gasteiger charge is 2.16. The number of carbonyl (C=O) groups is 1. The Morgan fingerprint density at radius 2 is 1.21 bits per heavy atom. The Balaban J connectivity index is 0.00000240. The van der Waals surface area contributed by atoms with Gasteiger partial charge >= 0.3 is 0 Å². The third kappa shape index (κ3) is 5.27. The lowest BCUT2D eigenvalue weighted by atomic mass is 9.97. The van der Waals surface area contributed by atoms with Crippen LogP contribution < -0.4 is 21.5 Å². The maximum atomic E-state index is 13.0. The molecule has 4 aromatic rings. The number of benzene rings is 3. The minimum Gasteiger partial charge on any atom is -1.00 e. The maximum absolute atomic E-state index is 13.0. The molecule has 4 rings (SSSR count). The van der Waals surface area contributed by atoms with Crippen LogP contribution in [0.4, 0.5) is 0 Å². The molecule has 0 amide bonds. The quantitative estimate of drug-likeness (QED) is 0.330. The molecule has 0 aliphatic heterocycles. The average molecular weight is 444 g/mol. The third-order valence-electron chi connectivity index (χ3n) is 4.85. The molecule has 3 heteroatoms. The zero-order valence-corrected chi connectivity index (χ0v) is 17.6. The van der Waals surface area contributed by atoms with Crippen molar-refractivity contribution in [1.29, 1.82) is 0 Å². The molecule has 0 spiro atoms. The van der Waals surface area contributed by atoms with Gasteiger partial charge < -0.3 is 17.0 Å². The number of hydrogen-bond donors (Lipinski definition) is 0. The van der Waals surface area contributed by atoms with Gasteiger partial charge in [-0.15, -0.1) is 0 Å². The number of Topliss-reactive ketones (excluding diaryl/α,β-unsaturated/α-hetero) is 1. The van der Waals surface area contributed by atoms with Crippen LogP contribution in [0.5, 0.6) is 0 Å². The molecule has 3 aromatic carbocycles. The molecule has 29 heavy (non-hydrogen) atoms. The van der Waals surface area contributed by atoms with Gasteiger partial charge in [0.2, 0.25) is 12.3 Å². The smallest absolute Gasteiger partial charge is 0.228 e. The van der Waals surface area contributed by atoms with Crippen LogP contribution >= 0.6 is 0 Å². The van der Waals surface area contributed by atoms with Gasteiger partial charge in [-0.3, -0.25) is 4.79 Å². The van der Waals surface area contributed by atoms with Crippen molar-refractivity contribution in [3.8, 4) is 11.1 Å². The van der Waals surface area contributed by atoms with E-state index >= 15 is 0 Å². The predicted octanol–water partition coefficient (Wildman–Crippen LogP) is 2.12. The summed E-state index contributed by atoms with van der Waals surface area (Å²) in [6.07, 6.45) is 4.87. The zero-order valence-electron chi connectivity index (χ0n) is 16.0. The van der Waals surface area contributed by atoms with E-state index in [-0.39, 0.29) is 22.8 Å². The number of carbonyl (C=O) groups excluding carboxylic acids is 1. The summed E-state index contributed by atoms with van der Waals surface area (Å²) >= 11 is 0. The van der Waals surface area contributed by atoms with Crippen molar-refractivity contribution < 1.29 is 26.3 Å². The molecular weight excluding hydrogens is 422 g/mol. The summed E-state index contributed by atoms with van der Waals surface area (Å²) in [6.45, 7) is 0.329. The molecule has 144 valence electrons. The summed E-state index contributed by atoms with van der Waals surface area (Å²) < 4.78 is 1.94. The molecule has 0 N–H and O–H groups in total. The molecule has 1 heterocycles. The fourth-order valence-corrected chi connectivity index (χ4v) is 3.39. The van der Waals surface area contributed by atoms with E-state index in [0.29, 0.717) is 6.54 Å². The molecule has 0 fully saturated rings. The molecular formula is C26H22BrNO. The lowest BCUT2D eigenvalue weighted by Crippen LogP contribution is -3.00. The number of ketones is 1. The topological polar surface area (TPSA) is 20.9 Å². The largest absolute Gasteiger partial charge is 1.00 e. The molecule has 0 aliphatic rings. The van der Waals surface area contributed by atoms with Crippen molar-refractivity contribution in [3.63, 3.8) is 0 Å². The van der Waals surface area contributed by atoms with Crippen LogP contribution in [0.2, 0.25) is 0 Å². The van der Waals surface area contributed by atoms with Crippen molar-refractivity contribution in [1.82, 2.24) is 0 Å². The summed E-state index contributed by atoms with van der Waals surface area (Å²) in [5.74, 6) is 0.111. The van der Waals surface area contributed by atoms with E-state index < -0.39 is 0 Å². The van der Waals surface area contributed by atoms with Gasteiger partial charge in [0.15, 0.2) is 12.4 Å². The summed E-state index contributed by atoms with van der Waals surface area (Å²) in [4.78, 5) is 13.0. The number of rotatable bonds is 6. The van der Waals surface area contributed by atoms with Crippen molar-refractivity contribution in [2.45, 2.75) is 13.0 Å². The van der Waals surface area contributed by atoms with E-state index in [2.05, 4.69) is 36.4 Å². The second-order valence-electron chi connectivity index (χ2n) is 6.88. The van der Waals surface area contributed by atoms with E-state index in [1.165, 1.54) is 11.1 Å². The van der Waals surface area contributed by atoms with Gasteiger partial charge in [-0.25, -0.2) is 0 Å². The van der Waals surface area contributed by atoms with Gasteiger partial charge in [0.25, 0.3) is 0 Å². The highest BCUT2D eigenvalue weighted by atomic mass is 79.9. The van der Waals surface area contributed by atoms with Crippen LogP contribution in [0, 0.1) is 0 Å². The minimum absolute atomic E-state index is 0. The first kappa shape index (κ1) is 20.7. The van der Waals surface area contributed by atoms with Gasteiger partial charge in [-0.1, -0.05) is 84.9 Å². The Labute approximate surface area is 182 Å². The minimum atomic E-state index is 0. The molecule has 0 radical (unpaired) electrons. The van der Waals surface area contributed by atoms with E-state index in [9.17, 15) is 4.79 Å². The van der Waals surface area contributed by atoms with Crippen LogP contribution in [0.25, 0.3) is 11.1 Å². The maximum Gasteiger partial charge on any atom is 0.228 e.